The maximum Gasteiger partial charge on any atom is 0.338 e. The highest BCUT2D eigenvalue weighted by Crippen LogP contribution is 2.34. The van der Waals surface area contributed by atoms with E-state index >= 15 is 0 Å². The maximum absolute atomic E-state index is 12.6. The second-order valence-electron chi connectivity index (χ2n) is 9.88. The van der Waals surface area contributed by atoms with Gasteiger partial charge in [0.05, 0.1) is 31.5 Å². The molecular weight excluding hydrogens is 665 g/mol. The molecule has 3 N–H and O–H groups in total. The van der Waals surface area contributed by atoms with Crippen LogP contribution < -0.4 is 25.5 Å². The van der Waals surface area contributed by atoms with Gasteiger partial charge in [0.2, 0.25) is 0 Å². The molecule has 0 saturated heterocycles. The van der Waals surface area contributed by atoms with Crippen LogP contribution in [-0.2, 0) is 14.3 Å². The van der Waals surface area contributed by atoms with Gasteiger partial charge < -0.3 is 29.4 Å². The fraction of sp³-hybridized carbons (Fsp3) is 0.290. The van der Waals surface area contributed by atoms with Crippen molar-refractivity contribution in [1.82, 2.24) is 20.6 Å². The Morgan fingerprint density at radius 1 is 1.09 bits per heavy atom. The minimum atomic E-state index is -0.759. The first-order valence-electron chi connectivity index (χ1n) is 13.6. The number of ether oxygens (including phenoxy) is 3. The minimum Gasteiger partial charge on any atom is -0.493 e. The number of nitrogens with zero attached hydrogens (tertiary/aromatic N) is 2. The third-order valence-corrected chi connectivity index (χ3v) is 8.08. The fourth-order valence-corrected chi connectivity index (χ4v) is 5.29. The highest BCUT2D eigenvalue weighted by molar-refractivity contribution is 14.1. The van der Waals surface area contributed by atoms with Crippen molar-refractivity contribution in [3.05, 3.63) is 85.4 Å². The number of benzene rings is 2. The van der Waals surface area contributed by atoms with Crippen molar-refractivity contribution < 1.29 is 28.6 Å². The zero-order valence-corrected chi connectivity index (χ0v) is 27.0. The molecule has 3 aromatic rings. The number of nitrogens with one attached hydrogen (secondary N) is 3. The van der Waals surface area contributed by atoms with Crippen LogP contribution >= 0.6 is 22.6 Å². The van der Waals surface area contributed by atoms with Gasteiger partial charge in [-0.25, -0.2) is 15.0 Å². The number of aromatic nitrogens is 1. The van der Waals surface area contributed by atoms with Crippen molar-refractivity contribution in [3.63, 3.8) is 0 Å². The van der Waals surface area contributed by atoms with E-state index in [9.17, 15) is 14.4 Å². The molecule has 11 nitrogen and oxygen atoms in total. The Kier molecular flexibility index (Phi) is 10.1. The van der Waals surface area contributed by atoms with Crippen molar-refractivity contribution in [2.24, 2.45) is 5.10 Å². The highest BCUT2D eigenvalue weighted by atomic mass is 127. The zero-order valence-electron chi connectivity index (χ0n) is 24.8. The lowest BCUT2D eigenvalue weighted by Gasteiger charge is -2.28. The lowest BCUT2D eigenvalue weighted by Crippen LogP contribution is -2.45. The summed E-state index contributed by atoms with van der Waals surface area (Å²) in [6.45, 7) is 9.33. The molecule has 4 rings (SSSR count). The van der Waals surface area contributed by atoms with E-state index in [4.69, 9.17) is 14.2 Å². The number of halogens is 1. The largest absolute Gasteiger partial charge is 0.493 e. The third-order valence-electron chi connectivity index (χ3n) is 6.92. The molecule has 0 aliphatic carbocycles. The van der Waals surface area contributed by atoms with Gasteiger partial charge in [-0.2, -0.15) is 5.10 Å². The number of aryl methyl sites for hydroxylation is 2. The van der Waals surface area contributed by atoms with Crippen LogP contribution in [0.4, 0.5) is 4.79 Å². The van der Waals surface area contributed by atoms with E-state index in [1.54, 1.807) is 38.3 Å². The number of hydrogen-bond donors (Lipinski definition) is 3. The van der Waals surface area contributed by atoms with Crippen molar-refractivity contribution in [2.45, 2.75) is 40.7 Å². The summed E-state index contributed by atoms with van der Waals surface area (Å²) in [5.74, 6) is -0.375. The lowest BCUT2D eigenvalue weighted by atomic mass is 9.95. The number of hydrogen-bond acceptors (Lipinski definition) is 7. The molecule has 0 fully saturated rings. The molecule has 1 aliphatic rings. The van der Waals surface area contributed by atoms with E-state index in [0.29, 0.717) is 22.8 Å². The summed E-state index contributed by atoms with van der Waals surface area (Å²) in [6.07, 6.45) is 1.61. The van der Waals surface area contributed by atoms with Crippen LogP contribution in [0.5, 0.6) is 11.5 Å². The Hall–Kier alpha value is -4.33. The van der Waals surface area contributed by atoms with Crippen LogP contribution in [-0.4, -0.2) is 49.0 Å². The standard InChI is InChI=1S/C31H34IN5O6/c1-7-42-30(39)28-19(4)34-31(40)35-29(28)21-9-11-25(26(13-21)41-6)43-16-27(38)36-33-15-22-12-18(3)37(20(22)5)23-10-8-17(2)24(32)14-23/h8-15,29H,7,16H2,1-6H3,(H,36,38)(H2,34,35,40)/b33-15+/t29-/m0/s1. The van der Waals surface area contributed by atoms with Gasteiger partial charge in [0.25, 0.3) is 5.91 Å². The van der Waals surface area contributed by atoms with Gasteiger partial charge in [-0.1, -0.05) is 12.1 Å². The molecular formula is C31H34IN5O6. The molecule has 2 heterocycles. The monoisotopic (exact) mass is 699 g/mol. The topological polar surface area (TPSA) is 132 Å². The Labute approximate surface area is 263 Å². The van der Waals surface area contributed by atoms with E-state index in [2.05, 4.69) is 73.4 Å². The Morgan fingerprint density at radius 2 is 1.86 bits per heavy atom. The van der Waals surface area contributed by atoms with Gasteiger partial charge in [-0.3, -0.25) is 4.79 Å². The first-order valence-corrected chi connectivity index (χ1v) is 14.6. The summed E-state index contributed by atoms with van der Waals surface area (Å²) in [4.78, 5) is 37.3. The SMILES string of the molecule is CCOC(=O)C1=C(C)NC(=O)N[C@H]1c1ccc(OCC(=O)N/N=C/c2cc(C)n(-c3ccc(C)c(I)c3)c2C)c(OC)c1. The van der Waals surface area contributed by atoms with E-state index in [0.717, 1.165) is 22.6 Å². The van der Waals surface area contributed by atoms with E-state index in [-0.39, 0.29) is 18.8 Å². The molecule has 1 atom stereocenters. The second kappa shape index (κ2) is 13.8. The number of rotatable bonds is 10. The molecule has 1 aromatic heterocycles. The molecule has 3 amide bonds. The van der Waals surface area contributed by atoms with Crippen molar-refractivity contribution in [2.75, 3.05) is 20.3 Å². The molecule has 43 heavy (non-hydrogen) atoms. The number of carbonyl (C=O) groups excluding carboxylic acids is 3. The zero-order chi connectivity index (χ0) is 31.3. The van der Waals surface area contributed by atoms with Crippen molar-refractivity contribution >= 4 is 46.7 Å². The maximum atomic E-state index is 12.6. The number of allylic oxidation sites excluding steroid dienone is 1. The van der Waals surface area contributed by atoms with Crippen LogP contribution in [0.15, 0.2) is 58.8 Å². The number of esters is 1. The molecule has 0 unspecified atom stereocenters. The average Bonchev–Trinajstić information content (AvgIpc) is 3.25. The van der Waals surface area contributed by atoms with Gasteiger partial charge in [0, 0.05) is 31.9 Å². The summed E-state index contributed by atoms with van der Waals surface area (Å²) in [6, 6.07) is 12.0. The summed E-state index contributed by atoms with van der Waals surface area (Å²) in [7, 11) is 1.46. The fourth-order valence-electron chi connectivity index (χ4n) is 4.79. The Balaban J connectivity index is 1.42. The van der Waals surface area contributed by atoms with Crippen LogP contribution in [0.3, 0.4) is 0 Å². The first-order chi connectivity index (χ1) is 20.5. The molecule has 1 aliphatic heterocycles. The number of methoxy groups -OCH3 is 1. The van der Waals surface area contributed by atoms with Gasteiger partial charge in [-0.15, -0.1) is 0 Å². The summed E-state index contributed by atoms with van der Waals surface area (Å²) >= 11 is 2.33. The Bertz CT molecular complexity index is 1630. The molecule has 0 spiro atoms. The number of urea groups is 1. The molecule has 0 radical (unpaired) electrons. The van der Waals surface area contributed by atoms with Gasteiger partial charge in [0.1, 0.15) is 0 Å². The highest BCUT2D eigenvalue weighted by Gasteiger charge is 2.32. The lowest BCUT2D eigenvalue weighted by molar-refractivity contribution is -0.139. The predicted molar refractivity (Wildman–Crippen MR) is 171 cm³/mol. The van der Waals surface area contributed by atoms with Gasteiger partial charge >= 0.3 is 12.0 Å². The van der Waals surface area contributed by atoms with E-state index < -0.39 is 23.9 Å². The van der Waals surface area contributed by atoms with Gasteiger partial charge in [0.15, 0.2) is 18.1 Å². The number of hydrazone groups is 1. The third kappa shape index (κ3) is 7.19. The quantitative estimate of drug-likeness (QED) is 0.121. The molecule has 226 valence electrons. The van der Waals surface area contributed by atoms with Crippen LogP contribution in [0.2, 0.25) is 0 Å². The first kappa shape index (κ1) is 31.6. The van der Waals surface area contributed by atoms with Gasteiger partial charge in [-0.05, 0) is 98.7 Å². The molecule has 0 saturated carbocycles. The Morgan fingerprint density at radius 3 is 2.56 bits per heavy atom. The molecule has 0 bridgehead atoms. The predicted octanol–water partition coefficient (Wildman–Crippen LogP) is 4.74. The second-order valence-corrected chi connectivity index (χ2v) is 11.0. The van der Waals surface area contributed by atoms with Crippen molar-refractivity contribution in [3.8, 4) is 17.2 Å². The summed E-state index contributed by atoms with van der Waals surface area (Å²) in [5.41, 5.74) is 8.96. The van der Waals surface area contributed by atoms with Crippen LogP contribution in [0.1, 0.15) is 48.0 Å². The minimum absolute atomic E-state index is 0.192. The van der Waals surface area contributed by atoms with E-state index in [1.807, 2.05) is 19.9 Å². The normalized spacial score (nSPS) is 14.8. The van der Waals surface area contributed by atoms with E-state index in [1.165, 1.54) is 16.2 Å². The van der Waals surface area contributed by atoms with Crippen LogP contribution in [0.25, 0.3) is 5.69 Å². The number of carbonyl (C=O) groups is 3. The summed E-state index contributed by atoms with van der Waals surface area (Å²) < 4.78 is 19.7. The average molecular weight is 700 g/mol. The van der Waals surface area contributed by atoms with Crippen molar-refractivity contribution in [1.29, 1.82) is 0 Å². The molecule has 12 heteroatoms. The smallest absolute Gasteiger partial charge is 0.338 e. The summed E-state index contributed by atoms with van der Waals surface area (Å²) in [5, 5.41) is 9.47. The van der Waals surface area contributed by atoms with Crippen LogP contribution in [0, 0.1) is 24.3 Å². The number of amides is 3. The molecule has 2 aromatic carbocycles.